The van der Waals surface area contributed by atoms with E-state index in [1.165, 1.54) is 57.8 Å². The number of allylic oxidation sites excluding steroid dienone is 14. The number of hydrogen-bond acceptors (Lipinski definition) is 21. The van der Waals surface area contributed by atoms with Crippen LogP contribution in [0.25, 0.3) is 0 Å². The maximum atomic E-state index is 13.5. The summed E-state index contributed by atoms with van der Waals surface area (Å²) in [5.74, 6) is 0.274. The van der Waals surface area contributed by atoms with E-state index in [1.807, 2.05) is 52.2 Å². The molecule has 14 rings (SSSR count). The van der Waals surface area contributed by atoms with Crippen molar-refractivity contribution in [3.63, 3.8) is 0 Å². The minimum absolute atomic E-state index is 0.00790. The quantitative estimate of drug-likeness (QED) is 0.0167. The molecule has 0 saturated carbocycles. The molecule has 6 aliphatic heterocycles. The molecule has 4 aromatic carbocycles. The fraction of sp³-hybridized carbons (Fsp3) is 0.456. The first-order valence-corrected chi connectivity index (χ1v) is 46.9. The number of likely N-dealkylation sites (N-methyl/N-ethyl adjacent to an activating group) is 4. The van der Waals surface area contributed by atoms with Crippen molar-refractivity contribution in [1.82, 2.24) is 45.7 Å². The lowest BCUT2D eigenvalue weighted by molar-refractivity contribution is -0.401. The molecule has 131 heavy (non-hydrogen) atoms. The second kappa shape index (κ2) is 43.6. The summed E-state index contributed by atoms with van der Waals surface area (Å²) in [6.45, 7) is 31.0. The van der Waals surface area contributed by atoms with Gasteiger partial charge in [0.2, 0.25) is 35.0 Å². The number of nitrogens with one attached hydrogen (secondary N) is 3. The molecule has 2 aliphatic carbocycles. The maximum absolute atomic E-state index is 13.5. The van der Waals surface area contributed by atoms with Gasteiger partial charge in [0.15, 0.2) is 23.1 Å². The van der Waals surface area contributed by atoms with Crippen LogP contribution in [0.4, 0.5) is 50.3 Å². The Morgan fingerprint density at radius 2 is 1.07 bits per heavy atom. The fourth-order valence-electron chi connectivity index (χ4n) is 18.6. The van der Waals surface area contributed by atoms with Gasteiger partial charge in [-0.2, -0.15) is 19.3 Å². The smallest absolute Gasteiger partial charge is 0.407 e. The van der Waals surface area contributed by atoms with Crippen molar-refractivity contribution in [2.24, 2.45) is 0 Å². The summed E-state index contributed by atoms with van der Waals surface area (Å²) in [4.78, 5) is 109. The molecule has 8 heterocycles. The van der Waals surface area contributed by atoms with Crippen molar-refractivity contribution in [3.8, 4) is 0 Å². The third-order valence-electron chi connectivity index (χ3n) is 25.7. The number of benzene rings is 4. The zero-order valence-corrected chi connectivity index (χ0v) is 81.2. The van der Waals surface area contributed by atoms with Crippen LogP contribution in [0, 0.1) is 13.8 Å². The minimum Gasteiger partial charge on any atom is -0.463 e. The number of anilines is 6. The van der Waals surface area contributed by atoms with Crippen LogP contribution >= 0.6 is 11.8 Å². The summed E-state index contributed by atoms with van der Waals surface area (Å²) in [5.41, 5.74) is 20.1. The zero-order chi connectivity index (χ0) is 95.0. The molecule has 28 heteroatoms. The van der Waals surface area contributed by atoms with Gasteiger partial charge in [0.1, 0.15) is 26.3 Å². The number of imide groups is 2. The van der Waals surface area contributed by atoms with Gasteiger partial charge in [0.05, 0.1) is 40.3 Å². The van der Waals surface area contributed by atoms with Crippen molar-refractivity contribution < 1.29 is 57.0 Å². The molecule has 3 unspecified atom stereocenters. The Hall–Kier alpha value is -12.3. The van der Waals surface area contributed by atoms with Crippen molar-refractivity contribution in [3.05, 3.63) is 226 Å². The van der Waals surface area contributed by atoms with Crippen LogP contribution < -0.4 is 35.6 Å². The molecule has 1 saturated heterocycles. The summed E-state index contributed by atoms with van der Waals surface area (Å²) >= 11 is 1.55. The lowest BCUT2D eigenvalue weighted by atomic mass is 9.81. The molecular formula is C103H133N17O10S+2. The molecule has 3 N–H and O–H groups in total. The summed E-state index contributed by atoms with van der Waals surface area (Å²) in [7, 11) is 13.9. The number of hydrogen-bond donors (Lipinski definition) is 3. The Balaban J connectivity index is 0.000000220. The third kappa shape index (κ3) is 23.3. The van der Waals surface area contributed by atoms with E-state index in [9.17, 15) is 38.4 Å². The van der Waals surface area contributed by atoms with Crippen LogP contribution in [0.2, 0.25) is 0 Å². The minimum atomic E-state index is -0.313. The van der Waals surface area contributed by atoms with Crippen LogP contribution in [-0.4, -0.2) is 207 Å². The number of carbonyl (C=O) groups excluding carboxylic acids is 8. The van der Waals surface area contributed by atoms with Gasteiger partial charge in [0, 0.05) is 179 Å². The Morgan fingerprint density at radius 1 is 0.565 bits per heavy atom. The second-order valence-electron chi connectivity index (χ2n) is 36.6. The number of fused-ring (bicyclic) bond motifs is 5. The Bertz CT molecular complexity index is 5620. The number of ether oxygens (including phenoxy) is 2. The molecule has 0 radical (unpaired) electrons. The summed E-state index contributed by atoms with van der Waals surface area (Å²) < 4.78 is 15.2. The van der Waals surface area contributed by atoms with E-state index < -0.39 is 0 Å². The monoisotopic (exact) mass is 1800 g/mol. The van der Waals surface area contributed by atoms with Crippen molar-refractivity contribution in [2.45, 2.75) is 226 Å². The second-order valence-corrected chi connectivity index (χ2v) is 38.1. The van der Waals surface area contributed by atoms with E-state index in [4.69, 9.17) is 9.47 Å². The molecule has 6 aromatic rings. The third-order valence-corrected chi connectivity index (χ3v) is 26.8. The molecule has 1 fully saturated rings. The first-order valence-electron chi connectivity index (χ1n) is 45.8. The molecule has 8 aliphatic rings. The van der Waals surface area contributed by atoms with E-state index >= 15 is 0 Å². The number of esters is 1. The molecule has 7 amide bonds. The molecular weight excluding hydrogens is 1670 g/mol. The number of nitrogens with zero attached hydrogens (tertiary/aromatic N) is 14. The van der Waals surface area contributed by atoms with Crippen LogP contribution in [0.3, 0.4) is 0 Å². The van der Waals surface area contributed by atoms with Gasteiger partial charge in [0.25, 0.3) is 11.8 Å². The van der Waals surface area contributed by atoms with Gasteiger partial charge in [-0.15, -0.1) is 32.2 Å². The summed E-state index contributed by atoms with van der Waals surface area (Å²) in [6, 6.07) is 25.0. The Morgan fingerprint density at radius 3 is 1.59 bits per heavy atom. The molecule has 3 atom stereocenters. The average Bonchev–Trinajstić information content (AvgIpc) is 1.60. The van der Waals surface area contributed by atoms with Crippen LogP contribution in [-0.2, 0) is 90.4 Å². The summed E-state index contributed by atoms with van der Waals surface area (Å²) in [6.07, 6.45) is 38.5. The molecule has 694 valence electrons. The predicted molar refractivity (Wildman–Crippen MR) is 523 cm³/mol. The van der Waals surface area contributed by atoms with Crippen LogP contribution in [0.1, 0.15) is 204 Å². The zero-order valence-electron chi connectivity index (χ0n) is 80.4. The average molecular weight is 1800 g/mol. The number of likely N-dealkylation sites (tertiary alicyclic amines) is 1. The van der Waals surface area contributed by atoms with Gasteiger partial charge < -0.3 is 45.0 Å². The van der Waals surface area contributed by atoms with E-state index in [-0.39, 0.29) is 105 Å². The van der Waals surface area contributed by atoms with Crippen molar-refractivity contribution in [1.29, 1.82) is 0 Å². The van der Waals surface area contributed by atoms with Gasteiger partial charge in [-0.1, -0.05) is 103 Å². The van der Waals surface area contributed by atoms with Gasteiger partial charge >= 0.3 is 12.1 Å². The highest BCUT2D eigenvalue weighted by Gasteiger charge is 2.47. The predicted octanol–water partition coefficient (Wildman–Crippen LogP) is 16.1. The number of carbonyl (C=O) groups is 8. The Labute approximate surface area is 777 Å². The van der Waals surface area contributed by atoms with Crippen LogP contribution in [0.15, 0.2) is 169 Å². The van der Waals surface area contributed by atoms with Crippen molar-refractivity contribution in [2.75, 3.05) is 111 Å². The molecule has 0 bridgehead atoms. The largest absolute Gasteiger partial charge is 0.463 e. The van der Waals surface area contributed by atoms with Gasteiger partial charge in [-0.25, -0.2) is 4.79 Å². The van der Waals surface area contributed by atoms with Gasteiger partial charge in [-0.05, 0) is 207 Å². The number of alkyl carbamates (subject to hydrolysis) is 1. The highest BCUT2D eigenvalue weighted by Crippen LogP contribution is 2.50. The highest BCUT2D eigenvalue weighted by molar-refractivity contribution is 8.00. The first-order chi connectivity index (χ1) is 62.3. The number of rotatable bonds is 24. The van der Waals surface area contributed by atoms with E-state index in [2.05, 4.69) is 294 Å². The summed E-state index contributed by atoms with van der Waals surface area (Å²) in [5, 5.41) is 32.9. The number of aryl methyl sites for hydroxylation is 2. The Kier molecular flexibility index (Phi) is 33.0. The lowest BCUT2D eigenvalue weighted by Gasteiger charge is -2.24. The highest BCUT2D eigenvalue weighted by atomic mass is 32.2. The maximum Gasteiger partial charge on any atom is 0.407 e. The number of amides is 7. The molecule has 2 aromatic heterocycles. The normalized spacial score (nSPS) is 19.9. The topological polar surface area (TPSA) is 294 Å². The van der Waals surface area contributed by atoms with E-state index in [1.54, 1.807) is 25.7 Å². The number of thioether (sulfide) groups is 1. The van der Waals surface area contributed by atoms with Crippen molar-refractivity contribution >= 4 is 116 Å². The molecule has 27 nitrogen and oxygen atoms in total. The molecule has 0 spiro atoms. The van der Waals surface area contributed by atoms with Crippen LogP contribution in [0.5, 0.6) is 0 Å². The van der Waals surface area contributed by atoms with Gasteiger partial charge in [-0.3, -0.25) is 43.4 Å². The fourth-order valence-corrected chi connectivity index (χ4v) is 19.5. The first kappa shape index (κ1) is 99.2. The SMILES string of the molecule is CCC.CCSC1CC(=O)N(CCN(C)c2ccc3c(c2)C(C)(C)C(/C=C/C=C/C=C2/N(C)c4ccc(NC(=O)Cc5nnc(C)c6c5CCCC(OC(C)=O)CC6)cc4C2(C)C)=[N+]3C)C1=O.CNC(=O)OC1CC/C=C/CCC1.Cc1nnc(CC(=O)Nc2ccc3c(c2)C(C)(C)\C(=C/C=C/C=C/C2=[N+](C)c4ccc(N(C)CCN5C(=O)C=CC5=O)cc4C2(C)C)N3C)nn1. The standard InChI is InChI=1S/C51H63N7O5S.C39H43N9O3.C10H17NO2.C3H8/c1-11-64-44-31-48(61)58(49(44)62)27-26-55(8)35-21-25-43-40(29-35)51(6,7)46(57(43)10)19-14-12-13-18-45-50(4,5)39-28-34(20-24-42(39)56(45)9)52-47(60)30-41-38-17-15-16-36(63-33(3)59)22-23-37(38)32(2)53-54-41;1-25-41-43-34(44-42-25)24-35(49)40-26-14-16-30-28(22-26)38(2,3)32(46(30)7)12-10-9-11-13-33-39(4,5)29-23-27(15-17-31(29)47(33)8)45(6)20-21-48-36(50)18-19-37(48)51;1-11-10(12)13-9-7-5-3-2-4-6-8-9;1-3-2/h12-14,18-21,24-25,28-29,36,44H,11,15-17,22-23,26-27,30-31H2,1-10H3;9-19,22-23H,20-21,24H2,1-8H3;2-3,9H,4-8H2,1H3,(H,11,12);3H2,1-2H3/p+2/b;;3-2+;. The van der Waals surface area contributed by atoms with E-state index in [0.29, 0.717) is 49.8 Å². The van der Waals surface area contributed by atoms with E-state index in [0.717, 1.165) is 149 Å². The number of aromatic nitrogens is 6. The lowest BCUT2D eigenvalue weighted by Crippen LogP contribution is -2.38.